The Labute approximate surface area is 267 Å². The van der Waals surface area contributed by atoms with Gasteiger partial charge in [0.15, 0.2) is 0 Å². The molecule has 3 amide bonds. The topological polar surface area (TPSA) is 96.5 Å². The zero-order valence-electron chi connectivity index (χ0n) is 23.1. The number of nitrogens with one attached hydrogen (secondary N) is 3. The molecule has 0 saturated heterocycles. The van der Waals surface area contributed by atoms with Crippen LogP contribution in [0.5, 0.6) is 5.75 Å². The van der Waals surface area contributed by atoms with Crippen LogP contribution in [0, 0.1) is 5.41 Å². The Kier molecular flexibility index (Phi) is 11.6. The Morgan fingerprint density at radius 3 is 2.14 bits per heavy atom. The molecule has 0 atom stereocenters. The SMILES string of the molecule is CC(C)(CC(F)(F)F)C(=O)NCc1ccc(Cl)c(C(=O)Nc2ccc(OCC(F)F)c(C(=O)Nc3ccc(Br)cc3)c2)c1Cl. The molecule has 3 aromatic rings. The average Bonchev–Trinajstić information content (AvgIpc) is 2.91. The normalized spacial score (nSPS) is 11.7. The molecule has 236 valence electrons. The second kappa shape index (κ2) is 14.6. The molecule has 0 heterocycles. The van der Waals surface area contributed by atoms with Crippen molar-refractivity contribution in [2.24, 2.45) is 5.41 Å². The number of rotatable bonds is 11. The highest BCUT2D eigenvalue weighted by Crippen LogP contribution is 2.34. The first-order valence-electron chi connectivity index (χ1n) is 12.7. The maximum Gasteiger partial charge on any atom is 0.390 e. The number of hydrogen-bond donors (Lipinski definition) is 3. The lowest BCUT2D eigenvalue weighted by Crippen LogP contribution is -2.39. The van der Waals surface area contributed by atoms with Crippen LogP contribution in [0.3, 0.4) is 0 Å². The first-order chi connectivity index (χ1) is 20.5. The molecule has 0 saturated carbocycles. The average molecular weight is 725 g/mol. The third kappa shape index (κ3) is 9.80. The quantitative estimate of drug-likeness (QED) is 0.173. The molecule has 0 aromatic heterocycles. The van der Waals surface area contributed by atoms with Crippen molar-refractivity contribution in [1.29, 1.82) is 0 Å². The van der Waals surface area contributed by atoms with Crippen LogP contribution in [0.15, 0.2) is 59.1 Å². The number of anilines is 2. The number of carbonyl (C=O) groups is 3. The molecular formula is C29H25BrCl2F5N3O4. The van der Waals surface area contributed by atoms with Crippen molar-refractivity contribution in [3.05, 3.63) is 85.8 Å². The van der Waals surface area contributed by atoms with E-state index in [0.717, 1.165) is 18.3 Å². The van der Waals surface area contributed by atoms with Gasteiger partial charge < -0.3 is 20.7 Å². The summed E-state index contributed by atoms with van der Waals surface area (Å²) in [7, 11) is 0. The number of hydrogen-bond acceptors (Lipinski definition) is 4. The predicted octanol–water partition coefficient (Wildman–Crippen LogP) is 8.50. The minimum atomic E-state index is -4.56. The van der Waals surface area contributed by atoms with Gasteiger partial charge in [0.05, 0.1) is 33.0 Å². The number of alkyl halides is 5. The van der Waals surface area contributed by atoms with Gasteiger partial charge in [-0.05, 0) is 54.1 Å². The van der Waals surface area contributed by atoms with Crippen molar-refractivity contribution in [3.63, 3.8) is 0 Å². The first-order valence-corrected chi connectivity index (χ1v) is 14.3. The highest BCUT2D eigenvalue weighted by Gasteiger charge is 2.41. The van der Waals surface area contributed by atoms with Crippen LogP contribution >= 0.6 is 39.1 Å². The smallest absolute Gasteiger partial charge is 0.390 e. The number of carbonyl (C=O) groups excluding carboxylic acids is 3. The zero-order valence-corrected chi connectivity index (χ0v) is 26.1. The second-order valence-electron chi connectivity index (χ2n) is 10.1. The van der Waals surface area contributed by atoms with Gasteiger partial charge in [0, 0.05) is 22.4 Å². The Morgan fingerprint density at radius 1 is 0.909 bits per heavy atom. The van der Waals surface area contributed by atoms with Crippen molar-refractivity contribution in [1.82, 2.24) is 5.32 Å². The largest absolute Gasteiger partial charge is 0.487 e. The van der Waals surface area contributed by atoms with Crippen LogP contribution in [0.25, 0.3) is 0 Å². The van der Waals surface area contributed by atoms with Crippen LogP contribution in [0.2, 0.25) is 10.0 Å². The van der Waals surface area contributed by atoms with Crippen molar-refractivity contribution in [3.8, 4) is 5.75 Å². The molecule has 3 N–H and O–H groups in total. The van der Waals surface area contributed by atoms with Crippen molar-refractivity contribution >= 4 is 68.2 Å². The summed E-state index contributed by atoms with van der Waals surface area (Å²) in [6, 6.07) is 13.0. The van der Waals surface area contributed by atoms with E-state index in [0.29, 0.717) is 5.69 Å². The molecule has 0 aliphatic rings. The summed E-state index contributed by atoms with van der Waals surface area (Å²) in [6.45, 7) is 1.02. The molecule has 0 aliphatic heterocycles. The number of ether oxygens (including phenoxy) is 1. The van der Waals surface area contributed by atoms with Crippen molar-refractivity contribution in [2.75, 3.05) is 17.2 Å². The summed E-state index contributed by atoms with van der Waals surface area (Å²) < 4.78 is 70.1. The van der Waals surface area contributed by atoms with E-state index < -0.39 is 48.8 Å². The second-order valence-corrected chi connectivity index (χ2v) is 11.8. The number of benzene rings is 3. The van der Waals surface area contributed by atoms with E-state index in [9.17, 15) is 36.3 Å². The van der Waals surface area contributed by atoms with Gasteiger partial charge in [0.2, 0.25) is 5.91 Å². The minimum absolute atomic E-state index is 0.0556. The molecule has 0 unspecified atom stereocenters. The van der Waals surface area contributed by atoms with Crippen molar-refractivity contribution in [2.45, 2.75) is 39.4 Å². The van der Waals surface area contributed by atoms with E-state index in [4.69, 9.17) is 27.9 Å². The first kappa shape index (κ1) is 35.1. The number of amides is 3. The van der Waals surface area contributed by atoms with Gasteiger partial charge in [-0.1, -0.05) is 59.0 Å². The molecule has 0 radical (unpaired) electrons. The molecule has 0 bridgehead atoms. The van der Waals surface area contributed by atoms with Crippen molar-refractivity contribution < 1.29 is 41.1 Å². The summed E-state index contributed by atoms with van der Waals surface area (Å²) in [6.07, 6.45) is -8.71. The van der Waals surface area contributed by atoms with E-state index in [1.165, 1.54) is 30.3 Å². The molecule has 7 nitrogen and oxygen atoms in total. The molecule has 0 spiro atoms. The minimum Gasteiger partial charge on any atom is -0.487 e. The van der Waals surface area contributed by atoms with E-state index in [1.54, 1.807) is 24.3 Å². The maximum absolute atomic E-state index is 13.2. The fourth-order valence-corrected chi connectivity index (χ4v) is 4.80. The number of halogens is 8. The maximum atomic E-state index is 13.2. The Balaban J connectivity index is 1.83. The van der Waals surface area contributed by atoms with Crippen LogP contribution in [-0.4, -0.2) is 36.9 Å². The zero-order chi connectivity index (χ0) is 32.8. The molecule has 44 heavy (non-hydrogen) atoms. The van der Waals surface area contributed by atoms with Gasteiger partial charge in [0.25, 0.3) is 18.2 Å². The molecule has 0 aliphatic carbocycles. The molecular weight excluding hydrogens is 700 g/mol. The Hall–Kier alpha value is -3.42. The summed E-state index contributed by atoms with van der Waals surface area (Å²) in [5.41, 5.74) is -1.49. The van der Waals surface area contributed by atoms with Crippen LogP contribution in [0.4, 0.5) is 33.3 Å². The standard InChI is InChI=1S/C29H25BrCl2F5N3O4/c1-28(2,14-29(35,36)37)27(43)38-12-15-3-9-20(31)23(24(15)32)26(42)40-18-8-10-21(44-13-22(33)34)19(11-18)25(41)39-17-6-4-16(30)5-7-17/h3-11,22H,12-14H2,1-2H3,(H,38,43)(H,39,41)(H,40,42). The fraction of sp³-hybridized carbons (Fsp3) is 0.276. The summed E-state index contributed by atoms with van der Waals surface area (Å²) >= 11 is 15.9. The molecule has 0 fully saturated rings. The van der Waals surface area contributed by atoms with Gasteiger partial charge >= 0.3 is 6.18 Å². The van der Waals surface area contributed by atoms with Gasteiger partial charge in [-0.2, -0.15) is 13.2 Å². The Bertz CT molecular complexity index is 1540. The van der Waals surface area contributed by atoms with Crippen LogP contribution < -0.4 is 20.7 Å². The Morgan fingerprint density at radius 2 is 1.52 bits per heavy atom. The molecule has 15 heteroatoms. The summed E-state index contributed by atoms with van der Waals surface area (Å²) in [5.74, 6) is -2.59. The monoisotopic (exact) mass is 723 g/mol. The predicted molar refractivity (Wildman–Crippen MR) is 161 cm³/mol. The lowest BCUT2D eigenvalue weighted by Gasteiger charge is -2.25. The van der Waals surface area contributed by atoms with E-state index in [2.05, 4.69) is 31.9 Å². The highest BCUT2D eigenvalue weighted by atomic mass is 79.9. The molecule has 3 rings (SSSR count). The van der Waals surface area contributed by atoms with Crippen LogP contribution in [-0.2, 0) is 11.3 Å². The molecule has 3 aromatic carbocycles. The lowest BCUT2D eigenvalue weighted by atomic mass is 9.88. The highest BCUT2D eigenvalue weighted by molar-refractivity contribution is 9.10. The van der Waals surface area contributed by atoms with Crippen LogP contribution in [0.1, 0.15) is 46.5 Å². The third-order valence-corrected chi connectivity index (χ3v) is 7.32. The van der Waals surface area contributed by atoms with E-state index in [1.807, 2.05) is 0 Å². The van der Waals surface area contributed by atoms with Gasteiger partial charge in [-0.15, -0.1) is 0 Å². The van der Waals surface area contributed by atoms with E-state index in [-0.39, 0.29) is 44.7 Å². The summed E-state index contributed by atoms with van der Waals surface area (Å²) in [4.78, 5) is 38.7. The summed E-state index contributed by atoms with van der Waals surface area (Å²) in [5, 5.41) is 7.29. The van der Waals surface area contributed by atoms with Gasteiger partial charge in [-0.25, -0.2) is 8.78 Å². The lowest BCUT2D eigenvalue weighted by molar-refractivity contribution is -0.164. The fourth-order valence-electron chi connectivity index (χ4n) is 3.93. The third-order valence-electron chi connectivity index (χ3n) is 6.04. The van der Waals surface area contributed by atoms with Gasteiger partial charge in [-0.3, -0.25) is 14.4 Å². The van der Waals surface area contributed by atoms with Gasteiger partial charge in [0.1, 0.15) is 12.4 Å². The van der Waals surface area contributed by atoms with E-state index >= 15 is 0 Å².